The van der Waals surface area contributed by atoms with Gasteiger partial charge >= 0.3 is 0 Å². The van der Waals surface area contributed by atoms with Crippen LogP contribution in [-0.2, 0) is 11.3 Å². The Balaban J connectivity index is 1.34. The number of benzene rings is 2. The second-order valence-electron chi connectivity index (χ2n) is 7.80. The Morgan fingerprint density at radius 2 is 1.88 bits per heavy atom. The number of hydrogen-bond acceptors (Lipinski definition) is 7. The van der Waals surface area contributed by atoms with Crippen molar-refractivity contribution in [1.82, 2.24) is 25.5 Å². The Morgan fingerprint density at radius 3 is 2.64 bits per heavy atom. The number of carbonyl (C=O) groups is 2. The summed E-state index contributed by atoms with van der Waals surface area (Å²) in [5.74, 6) is 0.495. The third-order valence-electron chi connectivity index (χ3n) is 5.46. The number of amides is 2. The Bertz CT molecular complexity index is 1100. The molecule has 0 bridgehead atoms. The number of hydrogen-bond donors (Lipinski definition) is 2. The van der Waals surface area contributed by atoms with E-state index in [-0.39, 0.29) is 23.6 Å². The van der Waals surface area contributed by atoms with E-state index in [9.17, 15) is 9.59 Å². The van der Waals surface area contributed by atoms with Gasteiger partial charge in [-0.2, -0.15) is 0 Å². The number of ether oxygens (including phenoxy) is 1. The first-order chi connectivity index (χ1) is 16.1. The second-order valence-corrected chi connectivity index (χ2v) is 8.75. The lowest BCUT2D eigenvalue weighted by atomic mass is 10.1. The van der Waals surface area contributed by atoms with Crippen molar-refractivity contribution in [3.8, 4) is 5.75 Å². The van der Waals surface area contributed by atoms with Crippen LogP contribution in [0, 0.1) is 0 Å². The van der Waals surface area contributed by atoms with Crippen molar-refractivity contribution in [2.24, 2.45) is 0 Å². The molecule has 0 unspecified atom stereocenters. The maximum absolute atomic E-state index is 12.7. The minimum absolute atomic E-state index is 0.113. The van der Waals surface area contributed by atoms with Gasteiger partial charge in [-0.15, -0.1) is 5.10 Å². The van der Waals surface area contributed by atoms with Crippen LogP contribution in [0.2, 0.25) is 0 Å². The summed E-state index contributed by atoms with van der Waals surface area (Å²) in [7, 11) is 1.62. The molecule has 0 saturated heterocycles. The summed E-state index contributed by atoms with van der Waals surface area (Å²) >= 11 is 1.24. The number of anilines is 1. The van der Waals surface area contributed by atoms with Crippen molar-refractivity contribution >= 4 is 29.3 Å². The van der Waals surface area contributed by atoms with Crippen LogP contribution >= 0.6 is 11.8 Å². The SMILES string of the molecule is COc1ccc(Cn2nnnc2SCC(=O)Nc2ccccc2C(=O)NC2CCCC2)cc1. The number of aromatic nitrogens is 4. The first kappa shape index (κ1) is 22.8. The first-order valence-corrected chi connectivity index (χ1v) is 11.8. The maximum Gasteiger partial charge on any atom is 0.253 e. The van der Waals surface area contributed by atoms with Crippen LogP contribution < -0.4 is 15.4 Å². The van der Waals surface area contributed by atoms with Gasteiger partial charge in [-0.05, 0) is 53.1 Å². The number of para-hydroxylation sites is 1. The highest BCUT2D eigenvalue weighted by Gasteiger charge is 2.20. The Morgan fingerprint density at radius 1 is 1.12 bits per heavy atom. The average Bonchev–Trinajstić information content (AvgIpc) is 3.50. The molecular weight excluding hydrogens is 440 g/mol. The van der Waals surface area contributed by atoms with Gasteiger partial charge < -0.3 is 15.4 Å². The Labute approximate surface area is 196 Å². The van der Waals surface area contributed by atoms with Crippen LogP contribution in [-0.4, -0.2) is 50.9 Å². The van der Waals surface area contributed by atoms with Gasteiger partial charge in [0.1, 0.15) is 5.75 Å². The number of nitrogens with zero attached hydrogens (tertiary/aromatic N) is 4. The molecule has 2 amide bonds. The van der Waals surface area contributed by atoms with Crippen LogP contribution in [0.25, 0.3) is 0 Å². The van der Waals surface area contributed by atoms with E-state index in [4.69, 9.17) is 4.74 Å². The smallest absolute Gasteiger partial charge is 0.253 e. The highest BCUT2D eigenvalue weighted by molar-refractivity contribution is 7.99. The van der Waals surface area contributed by atoms with E-state index in [1.165, 1.54) is 11.8 Å². The second kappa shape index (κ2) is 11.0. The van der Waals surface area contributed by atoms with Gasteiger partial charge in [0, 0.05) is 6.04 Å². The van der Waals surface area contributed by atoms with Gasteiger partial charge in [0.15, 0.2) is 0 Å². The van der Waals surface area contributed by atoms with E-state index in [0.717, 1.165) is 37.0 Å². The zero-order chi connectivity index (χ0) is 23.0. The van der Waals surface area contributed by atoms with Gasteiger partial charge in [-0.3, -0.25) is 9.59 Å². The fraction of sp³-hybridized carbons (Fsp3) is 0.348. The third-order valence-corrected chi connectivity index (χ3v) is 6.42. The zero-order valence-electron chi connectivity index (χ0n) is 18.4. The van der Waals surface area contributed by atoms with Crippen molar-refractivity contribution in [2.45, 2.75) is 43.4 Å². The topological polar surface area (TPSA) is 111 Å². The minimum atomic E-state index is -0.236. The summed E-state index contributed by atoms with van der Waals surface area (Å²) in [5.41, 5.74) is 1.97. The van der Waals surface area contributed by atoms with Gasteiger partial charge in [-0.25, -0.2) is 4.68 Å². The van der Waals surface area contributed by atoms with Crippen LogP contribution in [0.5, 0.6) is 5.75 Å². The average molecular weight is 467 g/mol. The highest BCUT2D eigenvalue weighted by atomic mass is 32.2. The normalized spacial score (nSPS) is 13.6. The standard InChI is InChI=1S/C23H26N6O3S/c1-32-18-12-10-16(11-13-18)14-29-23(26-27-28-29)33-15-21(30)25-20-9-5-4-8-19(20)22(31)24-17-6-2-3-7-17/h4-5,8-13,17H,2-3,6-7,14-15H2,1H3,(H,24,31)(H,25,30). The molecule has 1 aliphatic carbocycles. The zero-order valence-corrected chi connectivity index (χ0v) is 19.2. The summed E-state index contributed by atoms with van der Waals surface area (Å²) < 4.78 is 6.82. The molecule has 2 aromatic carbocycles. The molecule has 1 aromatic heterocycles. The Hall–Kier alpha value is -3.40. The maximum atomic E-state index is 12.7. The summed E-state index contributed by atoms with van der Waals surface area (Å²) in [5, 5.41) is 18.2. The molecule has 9 nitrogen and oxygen atoms in total. The lowest BCUT2D eigenvalue weighted by molar-refractivity contribution is -0.113. The molecule has 33 heavy (non-hydrogen) atoms. The molecule has 1 heterocycles. The summed E-state index contributed by atoms with van der Waals surface area (Å²) in [6.07, 6.45) is 4.28. The van der Waals surface area contributed by atoms with Gasteiger partial charge in [0.2, 0.25) is 11.1 Å². The third kappa shape index (κ3) is 6.10. The largest absolute Gasteiger partial charge is 0.497 e. The molecule has 0 spiro atoms. The van der Waals surface area contributed by atoms with E-state index in [0.29, 0.717) is 23.0 Å². The molecule has 0 aliphatic heterocycles. The van der Waals surface area contributed by atoms with E-state index >= 15 is 0 Å². The number of methoxy groups -OCH3 is 1. The van der Waals surface area contributed by atoms with Crippen LogP contribution in [0.1, 0.15) is 41.6 Å². The summed E-state index contributed by atoms with van der Waals surface area (Å²) in [6.45, 7) is 0.477. The van der Waals surface area contributed by atoms with Crippen LogP contribution in [0.3, 0.4) is 0 Å². The molecule has 2 N–H and O–H groups in total. The number of rotatable bonds is 9. The molecule has 1 saturated carbocycles. The molecule has 10 heteroatoms. The van der Waals surface area contributed by atoms with Crippen molar-refractivity contribution in [3.05, 3.63) is 59.7 Å². The fourth-order valence-corrected chi connectivity index (χ4v) is 4.42. The van der Waals surface area contributed by atoms with Gasteiger partial charge in [0.25, 0.3) is 5.91 Å². The quantitative estimate of drug-likeness (QED) is 0.466. The predicted octanol–water partition coefficient (Wildman–Crippen LogP) is 3.13. The van der Waals surface area contributed by atoms with Crippen molar-refractivity contribution in [3.63, 3.8) is 0 Å². The molecule has 4 rings (SSSR count). The molecule has 1 fully saturated rings. The monoisotopic (exact) mass is 466 g/mol. The van der Waals surface area contributed by atoms with Gasteiger partial charge in [0.05, 0.1) is 30.7 Å². The molecule has 3 aromatic rings. The predicted molar refractivity (Wildman–Crippen MR) is 125 cm³/mol. The molecule has 1 aliphatic rings. The fourth-order valence-electron chi connectivity index (χ4n) is 3.74. The lowest BCUT2D eigenvalue weighted by Gasteiger charge is -2.15. The molecule has 0 atom stereocenters. The van der Waals surface area contributed by atoms with E-state index < -0.39 is 0 Å². The van der Waals surface area contributed by atoms with E-state index in [1.54, 1.807) is 36.1 Å². The summed E-state index contributed by atoms with van der Waals surface area (Å²) in [4.78, 5) is 25.3. The Kier molecular flexibility index (Phi) is 7.56. The number of thioether (sulfide) groups is 1. The van der Waals surface area contributed by atoms with Crippen LogP contribution in [0.15, 0.2) is 53.7 Å². The van der Waals surface area contributed by atoms with Crippen molar-refractivity contribution < 1.29 is 14.3 Å². The van der Waals surface area contributed by atoms with E-state index in [1.807, 2.05) is 24.3 Å². The van der Waals surface area contributed by atoms with Crippen molar-refractivity contribution in [1.29, 1.82) is 0 Å². The molecule has 0 radical (unpaired) electrons. The number of carbonyl (C=O) groups excluding carboxylic acids is 2. The highest BCUT2D eigenvalue weighted by Crippen LogP contribution is 2.21. The lowest BCUT2D eigenvalue weighted by Crippen LogP contribution is -2.33. The van der Waals surface area contributed by atoms with E-state index in [2.05, 4.69) is 26.2 Å². The van der Waals surface area contributed by atoms with Gasteiger partial charge in [-0.1, -0.05) is 48.9 Å². The number of nitrogens with one attached hydrogen (secondary N) is 2. The summed E-state index contributed by atoms with van der Waals surface area (Å²) in [6, 6.07) is 14.9. The molecular formula is C23H26N6O3S. The first-order valence-electron chi connectivity index (χ1n) is 10.8. The number of tetrazole rings is 1. The van der Waals surface area contributed by atoms with Crippen molar-refractivity contribution in [2.75, 3.05) is 18.2 Å². The van der Waals surface area contributed by atoms with Crippen LogP contribution in [0.4, 0.5) is 5.69 Å². The molecule has 172 valence electrons. The minimum Gasteiger partial charge on any atom is -0.497 e.